The molecule has 0 spiro atoms. The summed E-state index contributed by atoms with van der Waals surface area (Å²) in [6, 6.07) is 9.40. The molecule has 0 aliphatic rings. The predicted molar refractivity (Wildman–Crippen MR) is 86.4 cm³/mol. The maximum atomic E-state index is 12.4. The Balaban J connectivity index is 2.82. The molecule has 118 valence electrons. The highest BCUT2D eigenvalue weighted by Crippen LogP contribution is 2.33. The van der Waals surface area contributed by atoms with Gasteiger partial charge in [0.2, 0.25) is 0 Å². The molecular weight excluding hydrogens is 292 g/mol. The Bertz CT molecular complexity index is 792. The number of esters is 1. The number of rotatable bonds is 4. The standard InChI is InChI=1S/C18H18N2O3/c1-5-23-18(21)16-12(3)20-11(2)15(10-19)17(16)13-7-6-8-14(9-13)22-4/h6-9H,5H2,1-4H3. The number of methoxy groups -OCH3 is 1. The lowest BCUT2D eigenvalue weighted by Gasteiger charge is -2.15. The van der Waals surface area contributed by atoms with E-state index in [4.69, 9.17) is 9.47 Å². The summed E-state index contributed by atoms with van der Waals surface area (Å²) in [4.78, 5) is 16.7. The smallest absolute Gasteiger partial charge is 0.340 e. The summed E-state index contributed by atoms with van der Waals surface area (Å²) >= 11 is 0. The zero-order chi connectivity index (χ0) is 17.0. The molecule has 0 unspecified atom stereocenters. The van der Waals surface area contributed by atoms with Crippen LogP contribution in [0.15, 0.2) is 24.3 Å². The normalized spacial score (nSPS) is 10.0. The fraction of sp³-hybridized carbons (Fsp3) is 0.278. The monoisotopic (exact) mass is 310 g/mol. The second-order valence-corrected chi connectivity index (χ2v) is 4.97. The van der Waals surface area contributed by atoms with Crippen molar-refractivity contribution in [3.8, 4) is 22.9 Å². The van der Waals surface area contributed by atoms with Crippen LogP contribution in [0.5, 0.6) is 5.75 Å². The molecule has 5 heteroatoms. The van der Waals surface area contributed by atoms with Gasteiger partial charge in [-0.1, -0.05) is 12.1 Å². The van der Waals surface area contributed by atoms with Crippen molar-refractivity contribution in [2.45, 2.75) is 20.8 Å². The van der Waals surface area contributed by atoms with Gasteiger partial charge in [-0.15, -0.1) is 0 Å². The summed E-state index contributed by atoms with van der Waals surface area (Å²) in [6.45, 7) is 5.49. The van der Waals surface area contributed by atoms with E-state index in [0.717, 1.165) is 5.56 Å². The summed E-state index contributed by atoms with van der Waals surface area (Å²) in [5, 5.41) is 9.54. The minimum atomic E-state index is -0.480. The lowest BCUT2D eigenvalue weighted by molar-refractivity contribution is 0.0526. The number of carbonyl (C=O) groups excluding carboxylic acids is 1. The summed E-state index contributed by atoms with van der Waals surface area (Å²) in [5.74, 6) is 0.167. The molecule has 0 atom stereocenters. The number of nitrogens with zero attached hydrogens (tertiary/aromatic N) is 2. The number of benzene rings is 1. The van der Waals surface area contributed by atoms with Gasteiger partial charge in [0.1, 0.15) is 11.8 Å². The van der Waals surface area contributed by atoms with Crippen LogP contribution in [-0.2, 0) is 4.74 Å². The largest absolute Gasteiger partial charge is 0.497 e. The first-order chi connectivity index (χ1) is 11.0. The second kappa shape index (κ2) is 6.93. The maximum Gasteiger partial charge on any atom is 0.340 e. The van der Waals surface area contributed by atoms with E-state index in [1.54, 1.807) is 40.0 Å². The summed E-state index contributed by atoms with van der Waals surface area (Å²) in [5.41, 5.74) is 3.07. The van der Waals surface area contributed by atoms with Crippen LogP contribution in [0, 0.1) is 25.2 Å². The van der Waals surface area contributed by atoms with Gasteiger partial charge in [-0.25, -0.2) is 4.79 Å². The fourth-order valence-corrected chi connectivity index (χ4v) is 2.51. The highest BCUT2D eigenvalue weighted by atomic mass is 16.5. The van der Waals surface area contributed by atoms with Crippen LogP contribution in [0.3, 0.4) is 0 Å². The number of hydrogen-bond acceptors (Lipinski definition) is 5. The molecule has 1 aromatic heterocycles. The predicted octanol–water partition coefficient (Wildman–Crippen LogP) is 3.42. The van der Waals surface area contributed by atoms with Crippen LogP contribution in [0.1, 0.15) is 34.2 Å². The molecule has 23 heavy (non-hydrogen) atoms. The van der Waals surface area contributed by atoms with E-state index in [1.165, 1.54) is 0 Å². The van der Waals surface area contributed by atoms with Crippen LogP contribution < -0.4 is 4.74 Å². The summed E-state index contributed by atoms with van der Waals surface area (Å²) in [7, 11) is 1.57. The second-order valence-electron chi connectivity index (χ2n) is 4.97. The molecule has 0 N–H and O–H groups in total. The molecule has 2 aromatic rings. The van der Waals surface area contributed by atoms with Crippen molar-refractivity contribution >= 4 is 5.97 Å². The highest BCUT2D eigenvalue weighted by molar-refractivity contribution is 6.00. The molecule has 0 radical (unpaired) electrons. The number of aryl methyl sites for hydroxylation is 2. The number of aromatic nitrogens is 1. The van der Waals surface area contributed by atoms with E-state index in [1.807, 2.05) is 12.1 Å². The van der Waals surface area contributed by atoms with Gasteiger partial charge >= 0.3 is 5.97 Å². The van der Waals surface area contributed by atoms with Gasteiger partial charge in [0.15, 0.2) is 0 Å². The van der Waals surface area contributed by atoms with Crippen molar-refractivity contribution in [1.82, 2.24) is 4.98 Å². The summed E-state index contributed by atoms with van der Waals surface area (Å²) in [6.07, 6.45) is 0. The van der Waals surface area contributed by atoms with Gasteiger partial charge < -0.3 is 9.47 Å². The zero-order valence-corrected chi connectivity index (χ0v) is 13.6. The molecule has 0 aliphatic carbocycles. The molecule has 0 fully saturated rings. The minimum Gasteiger partial charge on any atom is -0.497 e. The summed E-state index contributed by atoms with van der Waals surface area (Å²) < 4.78 is 10.4. The van der Waals surface area contributed by atoms with Crippen LogP contribution in [0.25, 0.3) is 11.1 Å². The van der Waals surface area contributed by atoms with Gasteiger partial charge in [-0.2, -0.15) is 5.26 Å². The molecule has 0 saturated carbocycles. The zero-order valence-electron chi connectivity index (χ0n) is 13.6. The molecular formula is C18H18N2O3. The Hall–Kier alpha value is -2.87. The Kier molecular flexibility index (Phi) is 4.97. The van der Waals surface area contributed by atoms with Crippen molar-refractivity contribution < 1.29 is 14.3 Å². The van der Waals surface area contributed by atoms with Crippen LogP contribution in [0.2, 0.25) is 0 Å². The van der Waals surface area contributed by atoms with Crippen LogP contribution >= 0.6 is 0 Å². The third-order valence-electron chi connectivity index (χ3n) is 3.51. The lowest BCUT2D eigenvalue weighted by atomic mass is 9.93. The molecule has 5 nitrogen and oxygen atoms in total. The van der Waals surface area contributed by atoms with E-state index in [0.29, 0.717) is 33.8 Å². The van der Waals surface area contributed by atoms with Crippen molar-refractivity contribution in [3.05, 3.63) is 46.8 Å². The first-order valence-corrected chi connectivity index (χ1v) is 7.26. The Morgan fingerprint density at radius 3 is 2.65 bits per heavy atom. The molecule has 2 rings (SSSR count). The van der Waals surface area contributed by atoms with Gasteiger partial charge in [0.25, 0.3) is 0 Å². The highest BCUT2D eigenvalue weighted by Gasteiger charge is 2.23. The SMILES string of the molecule is CCOC(=O)c1c(C)nc(C)c(C#N)c1-c1cccc(OC)c1. The maximum absolute atomic E-state index is 12.4. The van der Waals surface area contributed by atoms with E-state index in [2.05, 4.69) is 11.1 Å². The van der Waals surface area contributed by atoms with Crippen LogP contribution in [-0.4, -0.2) is 24.7 Å². The van der Waals surface area contributed by atoms with Gasteiger partial charge in [0, 0.05) is 5.56 Å². The van der Waals surface area contributed by atoms with E-state index in [9.17, 15) is 10.1 Å². The van der Waals surface area contributed by atoms with Gasteiger partial charge in [0.05, 0.1) is 36.2 Å². The van der Waals surface area contributed by atoms with E-state index in [-0.39, 0.29) is 6.61 Å². The molecule has 0 saturated heterocycles. The van der Waals surface area contributed by atoms with Crippen molar-refractivity contribution in [2.75, 3.05) is 13.7 Å². The average Bonchev–Trinajstić information content (AvgIpc) is 2.54. The Morgan fingerprint density at radius 1 is 1.30 bits per heavy atom. The Labute approximate surface area is 135 Å². The van der Waals surface area contributed by atoms with Gasteiger partial charge in [-0.05, 0) is 38.5 Å². The van der Waals surface area contributed by atoms with Crippen molar-refractivity contribution in [3.63, 3.8) is 0 Å². The number of hydrogen-bond donors (Lipinski definition) is 0. The molecule has 1 heterocycles. The number of carbonyl (C=O) groups is 1. The quantitative estimate of drug-likeness (QED) is 0.809. The van der Waals surface area contributed by atoms with Gasteiger partial charge in [-0.3, -0.25) is 4.98 Å². The third-order valence-corrected chi connectivity index (χ3v) is 3.51. The number of nitriles is 1. The molecule has 0 aliphatic heterocycles. The Morgan fingerprint density at radius 2 is 2.04 bits per heavy atom. The number of ether oxygens (including phenoxy) is 2. The first kappa shape index (κ1) is 16.5. The topological polar surface area (TPSA) is 72.2 Å². The van der Waals surface area contributed by atoms with Crippen molar-refractivity contribution in [1.29, 1.82) is 5.26 Å². The fourth-order valence-electron chi connectivity index (χ4n) is 2.51. The minimum absolute atomic E-state index is 0.256. The van der Waals surface area contributed by atoms with Crippen molar-refractivity contribution in [2.24, 2.45) is 0 Å². The third kappa shape index (κ3) is 3.16. The number of pyridine rings is 1. The lowest BCUT2D eigenvalue weighted by Crippen LogP contribution is -2.12. The average molecular weight is 310 g/mol. The molecule has 1 aromatic carbocycles. The molecule has 0 bridgehead atoms. The van der Waals surface area contributed by atoms with E-state index >= 15 is 0 Å². The van der Waals surface area contributed by atoms with E-state index < -0.39 is 5.97 Å². The first-order valence-electron chi connectivity index (χ1n) is 7.26. The van der Waals surface area contributed by atoms with Crippen LogP contribution in [0.4, 0.5) is 0 Å². The molecule has 0 amide bonds.